The van der Waals surface area contributed by atoms with E-state index in [1.165, 1.54) is 18.3 Å². The third kappa shape index (κ3) is 2.25. The van der Waals surface area contributed by atoms with Crippen molar-refractivity contribution in [1.82, 2.24) is 10.2 Å². The summed E-state index contributed by atoms with van der Waals surface area (Å²) in [6, 6.07) is 4.17. The summed E-state index contributed by atoms with van der Waals surface area (Å²) in [7, 11) is 0. The van der Waals surface area contributed by atoms with Gasteiger partial charge in [0, 0.05) is 5.69 Å². The van der Waals surface area contributed by atoms with Crippen LogP contribution in [0.25, 0.3) is 0 Å². The quantitative estimate of drug-likeness (QED) is 0.739. The molecular formula is C11H11FN4O. The van der Waals surface area contributed by atoms with Gasteiger partial charge in [0.05, 0.1) is 6.20 Å². The van der Waals surface area contributed by atoms with Crippen LogP contribution < -0.4 is 11.1 Å². The van der Waals surface area contributed by atoms with Crippen LogP contribution in [0.15, 0.2) is 24.4 Å². The van der Waals surface area contributed by atoms with Gasteiger partial charge in [0.1, 0.15) is 17.2 Å². The molecule has 0 unspecified atom stereocenters. The predicted molar refractivity (Wildman–Crippen MR) is 62.1 cm³/mol. The van der Waals surface area contributed by atoms with Crippen LogP contribution in [0.4, 0.5) is 15.9 Å². The van der Waals surface area contributed by atoms with Gasteiger partial charge in [-0.2, -0.15) is 5.10 Å². The van der Waals surface area contributed by atoms with Gasteiger partial charge >= 0.3 is 0 Å². The zero-order valence-electron chi connectivity index (χ0n) is 9.12. The van der Waals surface area contributed by atoms with Crippen LogP contribution in [0.3, 0.4) is 0 Å². The average molecular weight is 234 g/mol. The predicted octanol–water partition coefficient (Wildman–Crippen LogP) is 1.69. The summed E-state index contributed by atoms with van der Waals surface area (Å²) in [5.74, 6) is -0.660. The SMILES string of the molecule is Cc1ccc(F)cc1NC(=O)c1cn[nH]c1N. The first-order chi connectivity index (χ1) is 8.08. The highest BCUT2D eigenvalue weighted by Crippen LogP contribution is 2.17. The zero-order valence-corrected chi connectivity index (χ0v) is 9.12. The Kier molecular flexibility index (Phi) is 2.78. The molecule has 2 rings (SSSR count). The maximum atomic E-state index is 13.0. The fourth-order valence-electron chi connectivity index (χ4n) is 1.40. The number of rotatable bonds is 2. The van der Waals surface area contributed by atoms with Gasteiger partial charge in [-0.15, -0.1) is 0 Å². The number of nitrogen functional groups attached to an aromatic ring is 1. The molecule has 0 aliphatic heterocycles. The molecule has 17 heavy (non-hydrogen) atoms. The maximum Gasteiger partial charge on any atom is 0.261 e. The van der Waals surface area contributed by atoms with Crippen molar-refractivity contribution >= 4 is 17.4 Å². The molecule has 0 aliphatic carbocycles. The summed E-state index contributed by atoms with van der Waals surface area (Å²) < 4.78 is 13.0. The Hall–Kier alpha value is -2.37. The van der Waals surface area contributed by atoms with E-state index in [4.69, 9.17) is 5.73 Å². The van der Waals surface area contributed by atoms with Crippen molar-refractivity contribution in [3.05, 3.63) is 41.3 Å². The van der Waals surface area contributed by atoms with Gasteiger partial charge in [-0.25, -0.2) is 4.39 Å². The number of carbonyl (C=O) groups excluding carboxylic acids is 1. The van der Waals surface area contributed by atoms with Gasteiger partial charge in [-0.1, -0.05) is 6.07 Å². The second kappa shape index (κ2) is 4.25. The van der Waals surface area contributed by atoms with E-state index in [0.717, 1.165) is 5.56 Å². The smallest absolute Gasteiger partial charge is 0.261 e. The molecule has 4 N–H and O–H groups in total. The molecule has 0 radical (unpaired) electrons. The number of aromatic nitrogens is 2. The number of carbonyl (C=O) groups is 1. The molecule has 1 aromatic heterocycles. The number of aryl methyl sites for hydroxylation is 1. The van der Waals surface area contributed by atoms with E-state index < -0.39 is 11.7 Å². The van der Waals surface area contributed by atoms with Crippen molar-refractivity contribution in [1.29, 1.82) is 0 Å². The molecule has 5 nitrogen and oxygen atoms in total. The van der Waals surface area contributed by atoms with Crippen LogP contribution in [-0.2, 0) is 0 Å². The third-order valence-electron chi connectivity index (χ3n) is 2.36. The Morgan fingerprint density at radius 2 is 2.29 bits per heavy atom. The van der Waals surface area contributed by atoms with Crippen LogP contribution >= 0.6 is 0 Å². The molecular weight excluding hydrogens is 223 g/mol. The highest BCUT2D eigenvalue weighted by atomic mass is 19.1. The van der Waals surface area contributed by atoms with E-state index in [2.05, 4.69) is 15.5 Å². The first-order valence-corrected chi connectivity index (χ1v) is 4.94. The zero-order chi connectivity index (χ0) is 12.4. The number of halogens is 1. The molecule has 0 saturated carbocycles. The van der Waals surface area contributed by atoms with Crippen molar-refractivity contribution in [2.45, 2.75) is 6.92 Å². The molecule has 0 saturated heterocycles. The fourth-order valence-corrected chi connectivity index (χ4v) is 1.40. The van der Waals surface area contributed by atoms with E-state index in [-0.39, 0.29) is 11.4 Å². The van der Waals surface area contributed by atoms with Gasteiger partial charge in [0.15, 0.2) is 0 Å². The molecule has 1 heterocycles. The molecule has 1 amide bonds. The van der Waals surface area contributed by atoms with Crippen LogP contribution in [0.1, 0.15) is 15.9 Å². The monoisotopic (exact) mass is 234 g/mol. The maximum absolute atomic E-state index is 13.0. The van der Waals surface area contributed by atoms with Gasteiger partial charge in [-0.3, -0.25) is 9.89 Å². The van der Waals surface area contributed by atoms with Crippen LogP contribution in [0.5, 0.6) is 0 Å². The standard InChI is InChI=1S/C11H11FN4O/c1-6-2-3-7(12)4-9(6)15-11(17)8-5-14-16-10(8)13/h2-5H,1H3,(H,15,17)(H3,13,14,16). The summed E-state index contributed by atoms with van der Waals surface area (Å²) in [6.07, 6.45) is 1.32. The molecule has 2 aromatic rings. The lowest BCUT2D eigenvalue weighted by molar-refractivity contribution is 0.102. The summed E-state index contributed by atoms with van der Waals surface area (Å²) in [4.78, 5) is 11.8. The Morgan fingerprint density at radius 3 is 2.94 bits per heavy atom. The number of nitrogens with one attached hydrogen (secondary N) is 2. The Morgan fingerprint density at radius 1 is 1.53 bits per heavy atom. The Balaban J connectivity index is 2.24. The summed E-state index contributed by atoms with van der Waals surface area (Å²) in [6.45, 7) is 1.77. The van der Waals surface area contributed by atoms with Gasteiger partial charge in [-0.05, 0) is 24.6 Å². The largest absolute Gasteiger partial charge is 0.383 e. The van der Waals surface area contributed by atoms with Crippen molar-refractivity contribution in [3.8, 4) is 0 Å². The molecule has 0 fully saturated rings. The lowest BCUT2D eigenvalue weighted by Crippen LogP contribution is -2.13. The molecule has 0 spiro atoms. The Bertz CT molecular complexity index is 564. The molecule has 6 heteroatoms. The van der Waals surface area contributed by atoms with Gasteiger partial charge in [0.2, 0.25) is 0 Å². The van der Waals surface area contributed by atoms with Gasteiger partial charge in [0.25, 0.3) is 5.91 Å². The molecule has 0 atom stereocenters. The van der Waals surface area contributed by atoms with Crippen LogP contribution in [0, 0.1) is 12.7 Å². The second-order valence-corrected chi connectivity index (χ2v) is 3.61. The molecule has 0 bridgehead atoms. The first-order valence-electron chi connectivity index (χ1n) is 4.94. The van der Waals surface area contributed by atoms with Crippen molar-refractivity contribution in [3.63, 3.8) is 0 Å². The normalized spacial score (nSPS) is 10.2. The Labute approximate surface area is 96.8 Å². The van der Waals surface area contributed by atoms with Gasteiger partial charge < -0.3 is 11.1 Å². The van der Waals surface area contributed by atoms with Crippen LogP contribution in [0.2, 0.25) is 0 Å². The lowest BCUT2D eigenvalue weighted by Gasteiger charge is -2.07. The molecule has 88 valence electrons. The summed E-state index contributed by atoms with van der Waals surface area (Å²) in [5, 5.41) is 8.67. The third-order valence-corrected chi connectivity index (χ3v) is 2.36. The lowest BCUT2D eigenvalue weighted by atomic mass is 10.2. The number of benzene rings is 1. The number of hydrogen-bond donors (Lipinski definition) is 3. The number of nitrogens with two attached hydrogens (primary N) is 1. The number of aromatic amines is 1. The van der Waals surface area contributed by atoms with E-state index in [1.54, 1.807) is 13.0 Å². The van der Waals surface area contributed by atoms with Crippen LogP contribution in [-0.4, -0.2) is 16.1 Å². The number of H-pyrrole nitrogens is 1. The minimum Gasteiger partial charge on any atom is -0.383 e. The van der Waals surface area contributed by atoms with E-state index in [0.29, 0.717) is 5.69 Å². The summed E-state index contributed by atoms with van der Waals surface area (Å²) in [5.41, 5.74) is 6.92. The molecule has 0 aliphatic rings. The van der Waals surface area contributed by atoms with E-state index in [9.17, 15) is 9.18 Å². The molecule has 1 aromatic carbocycles. The number of amides is 1. The fraction of sp³-hybridized carbons (Fsp3) is 0.0909. The highest BCUT2D eigenvalue weighted by Gasteiger charge is 2.12. The number of anilines is 2. The minimum atomic E-state index is -0.426. The first kappa shape index (κ1) is 11.1. The average Bonchev–Trinajstić information content (AvgIpc) is 2.70. The van der Waals surface area contributed by atoms with E-state index >= 15 is 0 Å². The van der Waals surface area contributed by atoms with Crippen molar-refractivity contribution in [2.75, 3.05) is 11.1 Å². The van der Waals surface area contributed by atoms with Crippen molar-refractivity contribution < 1.29 is 9.18 Å². The van der Waals surface area contributed by atoms with E-state index in [1.807, 2.05) is 0 Å². The number of nitrogens with zero attached hydrogens (tertiary/aromatic N) is 1. The second-order valence-electron chi connectivity index (χ2n) is 3.61. The highest BCUT2D eigenvalue weighted by molar-refractivity contribution is 6.07. The number of hydrogen-bond acceptors (Lipinski definition) is 3. The summed E-state index contributed by atoms with van der Waals surface area (Å²) >= 11 is 0. The van der Waals surface area contributed by atoms with Crippen molar-refractivity contribution in [2.24, 2.45) is 0 Å². The topological polar surface area (TPSA) is 83.8 Å². The minimum absolute atomic E-state index is 0.177.